The minimum Gasteiger partial charge on any atom is -0.358 e. The van der Waals surface area contributed by atoms with Crippen LogP contribution in [0.25, 0.3) is 10.9 Å². The maximum atomic E-state index is 12.2. The molecule has 0 spiro atoms. The van der Waals surface area contributed by atoms with E-state index >= 15 is 0 Å². The molecule has 2 heterocycles. The lowest BCUT2D eigenvalue weighted by atomic mass is 10.2. The van der Waals surface area contributed by atoms with Crippen molar-refractivity contribution in [2.24, 2.45) is 0 Å². The van der Waals surface area contributed by atoms with Crippen LogP contribution in [0.3, 0.4) is 0 Å². The van der Waals surface area contributed by atoms with Gasteiger partial charge in [0.25, 0.3) is 10.0 Å². The summed E-state index contributed by atoms with van der Waals surface area (Å²) < 4.78 is 26.8. The van der Waals surface area contributed by atoms with E-state index in [0.717, 1.165) is 11.3 Å². The average Bonchev–Trinajstić information content (AvgIpc) is 3.05. The largest absolute Gasteiger partial charge is 0.358 e. The smallest absolute Gasteiger partial charge is 0.289 e. The van der Waals surface area contributed by atoms with E-state index in [1.807, 2.05) is 6.07 Å². The molecule has 2 N–H and O–H groups in total. The average molecular weight is 339 g/mol. The summed E-state index contributed by atoms with van der Waals surface area (Å²) in [7, 11) is -3.81. The van der Waals surface area contributed by atoms with Crippen molar-refractivity contribution in [2.75, 3.05) is 4.72 Å². The standard InChI is InChI=1S/C12H7ClN4O2S2/c13-10-6-20-12(16-10)21(18,19)17-9-3-1-2-8-7(4-14)5-15-11(8)9/h1-3,5-6,15,17H. The molecule has 0 unspecified atom stereocenters. The Morgan fingerprint density at radius 3 is 2.90 bits per heavy atom. The zero-order valence-corrected chi connectivity index (χ0v) is 12.7. The van der Waals surface area contributed by atoms with Gasteiger partial charge >= 0.3 is 0 Å². The number of nitriles is 1. The number of sulfonamides is 1. The maximum Gasteiger partial charge on any atom is 0.289 e. The van der Waals surface area contributed by atoms with E-state index in [1.54, 1.807) is 18.2 Å². The van der Waals surface area contributed by atoms with Crippen LogP contribution >= 0.6 is 22.9 Å². The van der Waals surface area contributed by atoms with Gasteiger partial charge in [-0.05, 0) is 6.07 Å². The number of rotatable bonds is 3. The molecule has 0 saturated carbocycles. The topological polar surface area (TPSA) is 98.6 Å². The molecular weight excluding hydrogens is 332 g/mol. The Balaban J connectivity index is 2.06. The van der Waals surface area contributed by atoms with E-state index in [0.29, 0.717) is 22.2 Å². The Bertz CT molecular complexity index is 969. The first kappa shape index (κ1) is 13.9. The highest BCUT2D eigenvalue weighted by molar-refractivity contribution is 7.94. The van der Waals surface area contributed by atoms with Crippen LogP contribution in [-0.4, -0.2) is 18.4 Å². The van der Waals surface area contributed by atoms with Crippen LogP contribution in [0.15, 0.2) is 34.1 Å². The Labute approximate surface area is 129 Å². The SMILES string of the molecule is N#Cc1c[nH]c2c(NS(=O)(=O)c3nc(Cl)cs3)cccc12. The zero-order chi connectivity index (χ0) is 15.0. The van der Waals surface area contributed by atoms with E-state index in [4.69, 9.17) is 16.9 Å². The normalized spacial score (nSPS) is 11.4. The van der Waals surface area contributed by atoms with Crippen molar-refractivity contribution in [3.8, 4) is 6.07 Å². The lowest BCUT2D eigenvalue weighted by molar-refractivity contribution is 0.600. The molecule has 21 heavy (non-hydrogen) atoms. The molecule has 106 valence electrons. The number of thiazole rings is 1. The fourth-order valence-electron chi connectivity index (χ4n) is 1.88. The van der Waals surface area contributed by atoms with Gasteiger partial charge in [0.15, 0.2) is 0 Å². The number of nitrogens with zero attached hydrogens (tertiary/aromatic N) is 2. The maximum absolute atomic E-state index is 12.2. The van der Waals surface area contributed by atoms with E-state index in [9.17, 15) is 8.42 Å². The number of para-hydroxylation sites is 1. The minimum absolute atomic E-state index is 0.114. The molecule has 0 atom stereocenters. The second-order valence-electron chi connectivity index (χ2n) is 4.08. The van der Waals surface area contributed by atoms with E-state index in [-0.39, 0.29) is 9.49 Å². The number of hydrogen-bond donors (Lipinski definition) is 2. The van der Waals surface area contributed by atoms with Crippen LogP contribution in [0.5, 0.6) is 0 Å². The number of H-pyrrole nitrogens is 1. The van der Waals surface area contributed by atoms with E-state index < -0.39 is 10.0 Å². The first-order chi connectivity index (χ1) is 10.0. The molecule has 2 aromatic heterocycles. The monoisotopic (exact) mass is 338 g/mol. The summed E-state index contributed by atoms with van der Waals surface area (Å²) in [6.45, 7) is 0. The molecule has 0 aliphatic rings. The first-order valence-corrected chi connectivity index (χ1v) is 8.39. The Kier molecular flexibility index (Phi) is 3.33. The number of benzene rings is 1. The molecule has 6 nitrogen and oxygen atoms in total. The predicted molar refractivity (Wildman–Crippen MR) is 80.9 cm³/mol. The molecule has 3 rings (SSSR count). The van der Waals surface area contributed by atoms with Gasteiger partial charge in [-0.2, -0.15) is 13.7 Å². The minimum atomic E-state index is -3.81. The van der Waals surface area contributed by atoms with Crippen molar-refractivity contribution in [3.05, 3.63) is 40.5 Å². The summed E-state index contributed by atoms with van der Waals surface area (Å²) in [5.74, 6) is 0. The molecule has 0 radical (unpaired) electrons. The molecule has 0 bridgehead atoms. The van der Waals surface area contributed by atoms with Crippen LogP contribution in [0.1, 0.15) is 5.56 Å². The quantitative estimate of drug-likeness (QED) is 0.766. The summed E-state index contributed by atoms with van der Waals surface area (Å²) in [5, 5.41) is 11.2. The van der Waals surface area contributed by atoms with Crippen molar-refractivity contribution in [2.45, 2.75) is 4.34 Å². The molecule has 1 aromatic carbocycles. The summed E-state index contributed by atoms with van der Waals surface area (Å²) in [6.07, 6.45) is 1.53. The molecular formula is C12H7ClN4O2S2. The predicted octanol–water partition coefficient (Wildman–Crippen LogP) is 2.95. The highest BCUT2D eigenvalue weighted by atomic mass is 35.5. The van der Waals surface area contributed by atoms with Crippen molar-refractivity contribution in [1.82, 2.24) is 9.97 Å². The van der Waals surface area contributed by atoms with Crippen LogP contribution in [-0.2, 0) is 10.0 Å². The number of aromatic amines is 1. The van der Waals surface area contributed by atoms with Gasteiger partial charge in [-0.1, -0.05) is 23.7 Å². The van der Waals surface area contributed by atoms with Gasteiger partial charge in [-0.25, -0.2) is 4.98 Å². The van der Waals surface area contributed by atoms with Gasteiger partial charge in [0.2, 0.25) is 4.34 Å². The van der Waals surface area contributed by atoms with Crippen molar-refractivity contribution in [1.29, 1.82) is 5.26 Å². The fourth-order valence-corrected chi connectivity index (χ4v) is 4.14. The number of halogens is 1. The molecule has 0 fully saturated rings. The van der Waals surface area contributed by atoms with Gasteiger partial charge in [0, 0.05) is 17.0 Å². The van der Waals surface area contributed by atoms with Crippen LogP contribution in [0.4, 0.5) is 5.69 Å². The molecule has 0 aliphatic carbocycles. The molecule has 0 amide bonds. The molecule has 0 saturated heterocycles. The molecule has 3 aromatic rings. The number of fused-ring (bicyclic) bond motifs is 1. The molecule has 9 heteroatoms. The van der Waals surface area contributed by atoms with Gasteiger partial charge in [-0.15, -0.1) is 11.3 Å². The third kappa shape index (κ3) is 2.47. The fraction of sp³-hybridized carbons (Fsp3) is 0. The Morgan fingerprint density at radius 2 is 2.24 bits per heavy atom. The van der Waals surface area contributed by atoms with Crippen LogP contribution < -0.4 is 4.72 Å². The Hall–Kier alpha value is -2.08. The first-order valence-electron chi connectivity index (χ1n) is 5.65. The number of anilines is 1. The Morgan fingerprint density at radius 1 is 1.43 bits per heavy atom. The van der Waals surface area contributed by atoms with Gasteiger partial charge in [0.05, 0.1) is 16.8 Å². The number of nitrogens with one attached hydrogen (secondary N) is 2. The highest BCUT2D eigenvalue weighted by Crippen LogP contribution is 2.28. The van der Waals surface area contributed by atoms with E-state index in [2.05, 4.69) is 14.7 Å². The number of aromatic nitrogens is 2. The lowest BCUT2D eigenvalue weighted by Crippen LogP contribution is -2.12. The summed E-state index contributed by atoms with van der Waals surface area (Å²) in [6, 6.07) is 7.05. The zero-order valence-electron chi connectivity index (χ0n) is 10.3. The third-order valence-electron chi connectivity index (χ3n) is 2.77. The van der Waals surface area contributed by atoms with Crippen molar-refractivity contribution < 1.29 is 8.42 Å². The van der Waals surface area contributed by atoms with Crippen molar-refractivity contribution >= 4 is 49.6 Å². The highest BCUT2D eigenvalue weighted by Gasteiger charge is 2.20. The summed E-state index contributed by atoms with van der Waals surface area (Å²) >= 11 is 6.59. The molecule has 0 aliphatic heterocycles. The van der Waals surface area contributed by atoms with Gasteiger partial charge < -0.3 is 4.98 Å². The van der Waals surface area contributed by atoms with Crippen LogP contribution in [0, 0.1) is 11.3 Å². The lowest BCUT2D eigenvalue weighted by Gasteiger charge is -2.06. The van der Waals surface area contributed by atoms with Crippen LogP contribution in [0.2, 0.25) is 5.15 Å². The third-order valence-corrected chi connectivity index (χ3v) is 5.71. The van der Waals surface area contributed by atoms with Crippen molar-refractivity contribution in [3.63, 3.8) is 0 Å². The number of hydrogen-bond acceptors (Lipinski definition) is 5. The van der Waals surface area contributed by atoms with E-state index in [1.165, 1.54) is 11.6 Å². The second kappa shape index (κ2) is 5.04. The second-order valence-corrected chi connectivity index (χ2v) is 7.19. The van der Waals surface area contributed by atoms with Gasteiger partial charge in [0.1, 0.15) is 11.2 Å². The summed E-state index contributed by atoms with van der Waals surface area (Å²) in [4.78, 5) is 6.65. The summed E-state index contributed by atoms with van der Waals surface area (Å²) in [5.41, 5.74) is 1.34. The van der Waals surface area contributed by atoms with Gasteiger partial charge in [-0.3, -0.25) is 4.72 Å².